The Labute approximate surface area is 132 Å². The number of rotatable bonds is 6. The van der Waals surface area contributed by atoms with Gasteiger partial charge in [-0.05, 0) is 37.8 Å². The lowest BCUT2D eigenvalue weighted by Gasteiger charge is -2.35. The average Bonchev–Trinajstić information content (AvgIpc) is 2.51. The number of hydrogen-bond acceptors (Lipinski definition) is 4. The zero-order valence-electron chi connectivity index (χ0n) is 13.2. The predicted molar refractivity (Wildman–Crippen MR) is 85.5 cm³/mol. The van der Waals surface area contributed by atoms with Crippen LogP contribution in [-0.4, -0.2) is 48.9 Å². The largest absolute Gasteiger partial charge is 0.445 e. The van der Waals surface area contributed by atoms with Gasteiger partial charge in [0.25, 0.3) is 0 Å². The van der Waals surface area contributed by atoms with Gasteiger partial charge in [0.15, 0.2) is 0 Å². The van der Waals surface area contributed by atoms with E-state index in [1.165, 1.54) is 0 Å². The molecule has 1 aromatic carbocycles. The third-order valence-electron chi connectivity index (χ3n) is 4.02. The third-order valence-corrected chi connectivity index (χ3v) is 4.02. The van der Waals surface area contributed by atoms with E-state index in [0.29, 0.717) is 12.5 Å². The summed E-state index contributed by atoms with van der Waals surface area (Å²) in [5.74, 6) is 0.519. The van der Waals surface area contributed by atoms with E-state index in [1.54, 1.807) is 0 Å². The molecule has 1 saturated heterocycles. The lowest BCUT2D eigenvalue weighted by atomic mass is 9.91. The first-order valence-electron chi connectivity index (χ1n) is 7.94. The van der Waals surface area contributed by atoms with Crippen LogP contribution in [0.1, 0.15) is 24.8 Å². The van der Waals surface area contributed by atoms with Crippen molar-refractivity contribution in [2.75, 3.05) is 26.7 Å². The molecule has 0 bridgehead atoms. The molecule has 2 atom stereocenters. The van der Waals surface area contributed by atoms with E-state index in [4.69, 9.17) is 9.84 Å². The molecule has 2 N–H and O–H groups in total. The summed E-state index contributed by atoms with van der Waals surface area (Å²) < 4.78 is 5.27. The van der Waals surface area contributed by atoms with E-state index in [9.17, 15) is 4.79 Å². The maximum absolute atomic E-state index is 11.9. The molecule has 122 valence electrons. The normalized spacial score (nSPS) is 22.3. The number of likely N-dealkylation sites (N-methyl/N-ethyl adjacent to an activating group) is 1. The van der Waals surface area contributed by atoms with Crippen molar-refractivity contribution in [3.05, 3.63) is 35.9 Å². The predicted octanol–water partition coefficient (Wildman–Crippen LogP) is 2.01. The van der Waals surface area contributed by atoms with E-state index in [-0.39, 0.29) is 18.7 Å². The number of ether oxygens (including phenoxy) is 1. The Bertz CT molecular complexity index is 452. The lowest BCUT2D eigenvalue weighted by Crippen LogP contribution is -2.49. The van der Waals surface area contributed by atoms with Crippen LogP contribution in [0.25, 0.3) is 0 Å². The summed E-state index contributed by atoms with van der Waals surface area (Å²) in [6.45, 7) is 2.40. The highest BCUT2D eigenvalue weighted by Gasteiger charge is 2.26. The zero-order chi connectivity index (χ0) is 15.8. The molecule has 1 heterocycles. The summed E-state index contributed by atoms with van der Waals surface area (Å²) in [6.07, 6.45) is 2.41. The minimum atomic E-state index is -0.356. The van der Waals surface area contributed by atoms with E-state index in [2.05, 4.69) is 17.3 Å². The average molecular weight is 306 g/mol. The van der Waals surface area contributed by atoms with Crippen molar-refractivity contribution in [2.24, 2.45) is 5.92 Å². The van der Waals surface area contributed by atoms with Gasteiger partial charge in [0, 0.05) is 25.7 Å². The molecule has 5 nitrogen and oxygen atoms in total. The molecule has 1 fully saturated rings. The van der Waals surface area contributed by atoms with E-state index < -0.39 is 0 Å². The molecule has 1 amide bonds. The highest BCUT2D eigenvalue weighted by atomic mass is 16.5. The van der Waals surface area contributed by atoms with Crippen LogP contribution in [0.15, 0.2) is 30.3 Å². The van der Waals surface area contributed by atoms with Crippen LogP contribution < -0.4 is 5.32 Å². The molecule has 1 aliphatic heterocycles. The second-order valence-corrected chi connectivity index (χ2v) is 6.09. The minimum absolute atomic E-state index is 0.116. The molecule has 0 radical (unpaired) electrons. The maximum Gasteiger partial charge on any atom is 0.407 e. The summed E-state index contributed by atoms with van der Waals surface area (Å²) in [5, 5.41) is 11.9. The van der Waals surface area contributed by atoms with Crippen LogP contribution in [0.5, 0.6) is 0 Å². The first-order valence-corrected chi connectivity index (χ1v) is 7.94. The van der Waals surface area contributed by atoms with Gasteiger partial charge in [-0.25, -0.2) is 4.79 Å². The quantitative estimate of drug-likeness (QED) is 0.844. The number of amides is 1. The topological polar surface area (TPSA) is 61.8 Å². The number of piperidine rings is 1. The van der Waals surface area contributed by atoms with E-state index in [0.717, 1.165) is 37.9 Å². The van der Waals surface area contributed by atoms with Gasteiger partial charge in [0.2, 0.25) is 0 Å². The molecule has 0 saturated carbocycles. The highest BCUT2D eigenvalue weighted by molar-refractivity contribution is 5.67. The van der Waals surface area contributed by atoms with Crippen LogP contribution >= 0.6 is 0 Å². The molecule has 1 aromatic rings. The van der Waals surface area contributed by atoms with E-state index in [1.807, 2.05) is 30.3 Å². The Kier molecular flexibility index (Phi) is 6.68. The lowest BCUT2D eigenvalue weighted by molar-refractivity contribution is 0.115. The number of aliphatic hydroxyl groups excluding tert-OH is 1. The SMILES string of the molecule is CN1CC(CCCO)CC(NC(=O)OCc2ccccc2)C1. The molecule has 5 heteroatoms. The Morgan fingerprint density at radius 2 is 2.14 bits per heavy atom. The monoisotopic (exact) mass is 306 g/mol. The first kappa shape index (κ1) is 16.8. The fourth-order valence-electron chi connectivity index (χ4n) is 3.07. The van der Waals surface area contributed by atoms with Crippen molar-refractivity contribution in [1.29, 1.82) is 0 Å². The van der Waals surface area contributed by atoms with Crippen LogP contribution in [0.4, 0.5) is 4.79 Å². The van der Waals surface area contributed by atoms with Gasteiger partial charge in [-0.3, -0.25) is 0 Å². The Balaban J connectivity index is 1.75. The van der Waals surface area contributed by atoms with Crippen LogP contribution in [0.3, 0.4) is 0 Å². The molecular formula is C17H26N2O3. The van der Waals surface area contributed by atoms with Crippen molar-refractivity contribution in [3.63, 3.8) is 0 Å². The Hall–Kier alpha value is -1.59. The van der Waals surface area contributed by atoms with E-state index >= 15 is 0 Å². The standard InChI is InChI=1S/C17H26N2O3/c1-19-11-15(8-5-9-20)10-16(12-19)18-17(21)22-13-14-6-3-2-4-7-14/h2-4,6-7,15-16,20H,5,8-13H2,1H3,(H,18,21). The van der Waals surface area contributed by atoms with Crippen LogP contribution in [-0.2, 0) is 11.3 Å². The number of benzene rings is 1. The molecule has 0 aromatic heterocycles. The Morgan fingerprint density at radius 3 is 2.86 bits per heavy atom. The number of likely N-dealkylation sites (tertiary alicyclic amines) is 1. The molecule has 22 heavy (non-hydrogen) atoms. The third kappa shape index (κ3) is 5.66. The summed E-state index contributed by atoms with van der Waals surface area (Å²) in [5.41, 5.74) is 0.985. The van der Waals surface area contributed by atoms with Crippen molar-refractivity contribution < 1.29 is 14.6 Å². The highest BCUT2D eigenvalue weighted by Crippen LogP contribution is 2.20. The maximum atomic E-state index is 11.9. The summed E-state index contributed by atoms with van der Waals surface area (Å²) in [4.78, 5) is 14.1. The number of carbonyl (C=O) groups excluding carboxylic acids is 1. The van der Waals surface area contributed by atoms with Gasteiger partial charge < -0.3 is 20.1 Å². The fourth-order valence-corrected chi connectivity index (χ4v) is 3.07. The van der Waals surface area contributed by atoms with Crippen molar-refractivity contribution in [1.82, 2.24) is 10.2 Å². The fraction of sp³-hybridized carbons (Fsp3) is 0.588. The van der Waals surface area contributed by atoms with Gasteiger partial charge in [-0.2, -0.15) is 0 Å². The summed E-state index contributed by atoms with van der Waals surface area (Å²) in [6, 6.07) is 9.79. The molecule has 0 aliphatic carbocycles. The second kappa shape index (κ2) is 8.76. The van der Waals surface area contributed by atoms with Crippen molar-refractivity contribution in [2.45, 2.75) is 31.9 Å². The van der Waals surface area contributed by atoms with Gasteiger partial charge in [0.05, 0.1) is 0 Å². The molecule has 0 spiro atoms. The second-order valence-electron chi connectivity index (χ2n) is 6.09. The van der Waals surface area contributed by atoms with Gasteiger partial charge in [-0.15, -0.1) is 0 Å². The first-order chi connectivity index (χ1) is 10.7. The van der Waals surface area contributed by atoms with Crippen molar-refractivity contribution in [3.8, 4) is 0 Å². The Morgan fingerprint density at radius 1 is 1.36 bits per heavy atom. The molecule has 2 rings (SSSR count). The number of aliphatic hydroxyl groups is 1. The van der Waals surface area contributed by atoms with Gasteiger partial charge >= 0.3 is 6.09 Å². The number of nitrogens with zero attached hydrogens (tertiary/aromatic N) is 1. The molecule has 2 unspecified atom stereocenters. The van der Waals surface area contributed by atoms with Crippen molar-refractivity contribution >= 4 is 6.09 Å². The zero-order valence-corrected chi connectivity index (χ0v) is 13.2. The number of hydrogen-bond donors (Lipinski definition) is 2. The van der Waals surface area contributed by atoms with Crippen LogP contribution in [0, 0.1) is 5.92 Å². The van der Waals surface area contributed by atoms with Gasteiger partial charge in [-0.1, -0.05) is 30.3 Å². The molecular weight excluding hydrogens is 280 g/mol. The molecule has 1 aliphatic rings. The number of nitrogens with one attached hydrogen (secondary N) is 1. The summed E-state index contributed by atoms with van der Waals surface area (Å²) >= 11 is 0. The van der Waals surface area contributed by atoms with Crippen LogP contribution in [0.2, 0.25) is 0 Å². The van der Waals surface area contributed by atoms with Gasteiger partial charge in [0.1, 0.15) is 6.61 Å². The number of alkyl carbamates (subject to hydrolysis) is 1. The minimum Gasteiger partial charge on any atom is -0.445 e. The number of carbonyl (C=O) groups is 1. The smallest absolute Gasteiger partial charge is 0.407 e. The summed E-state index contributed by atoms with van der Waals surface area (Å²) in [7, 11) is 2.06.